The summed E-state index contributed by atoms with van der Waals surface area (Å²) in [6, 6.07) is 14.4. The van der Waals surface area contributed by atoms with E-state index in [1.54, 1.807) is 55.0 Å². The molecule has 1 unspecified atom stereocenters. The average molecular weight is 417 g/mol. The molecule has 0 spiro atoms. The van der Waals surface area contributed by atoms with E-state index in [9.17, 15) is 14.3 Å². The van der Waals surface area contributed by atoms with Gasteiger partial charge in [0.05, 0.1) is 24.4 Å². The second kappa shape index (κ2) is 8.76. The Kier molecular flexibility index (Phi) is 5.72. The molecule has 2 heterocycles. The lowest BCUT2D eigenvalue weighted by Gasteiger charge is -2.17. The van der Waals surface area contributed by atoms with Crippen LogP contribution in [0.15, 0.2) is 73.2 Å². The Labute approximate surface area is 177 Å². The van der Waals surface area contributed by atoms with Crippen LogP contribution in [-0.2, 0) is 0 Å². The number of hydrogen-bond acceptors (Lipinski definition) is 5. The van der Waals surface area contributed by atoms with E-state index in [1.165, 1.54) is 12.1 Å². The Bertz CT molecular complexity index is 1200. The largest absolute Gasteiger partial charge is 0.394 e. The average Bonchev–Trinajstić information content (AvgIpc) is 3.33. The molecule has 0 aliphatic carbocycles. The van der Waals surface area contributed by atoms with Gasteiger partial charge in [0.1, 0.15) is 11.6 Å². The van der Waals surface area contributed by atoms with Gasteiger partial charge in [-0.15, -0.1) is 0 Å². The lowest BCUT2D eigenvalue weighted by Crippen LogP contribution is -2.31. The molecule has 2 aromatic carbocycles. The van der Waals surface area contributed by atoms with Gasteiger partial charge in [-0.25, -0.2) is 9.37 Å². The number of hydrogen-bond donors (Lipinski definition) is 4. The molecule has 5 N–H and O–H groups in total. The minimum absolute atomic E-state index is 0.129. The standard InChI is InChI=1S/C23H20FN5O2/c24-20-9-15(19-8-16(10-26-22(19)25)17-11-27-28-12-17)6-7-18(20)23(31)29-21(13-30)14-4-2-1-3-5-14/h1-12,21,30H,13H2,(H2,25,26)(H,27,28)(H,29,31). The number of nitrogens with zero attached hydrogens (tertiary/aromatic N) is 2. The number of rotatable bonds is 6. The van der Waals surface area contributed by atoms with Crippen LogP contribution in [0.3, 0.4) is 0 Å². The maximum absolute atomic E-state index is 14.8. The molecule has 4 rings (SSSR count). The minimum atomic E-state index is -0.701. The van der Waals surface area contributed by atoms with E-state index in [-0.39, 0.29) is 18.0 Å². The van der Waals surface area contributed by atoms with Crippen molar-refractivity contribution >= 4 is 11.7 Å². The molecule has 2 aromatic heterocycles. The molecule has 0 bridgehead atoms. The van der Waals surface area contributed by atoms with Gasteiger partial charge < -0.3 is 16.2 Å². The van der Waals surface area contributed by atoms with Crippen molar-refractivity contribution in [1.29, 1.82) is 0 Å². The first-order valence-corrected chi connectivity index (χ1v) is 9.58. The molecule has 1 amide bonds. The third kappa shape index (κ3) is 4.29. The first-order chi connectivity index (χ1) is 15.1. The Morgan fingerprint density at radius 2 is 1.90 bits per heavy atom. The summed E-state index contributed by atoms with van der Waals surface area (Å²) in [4.78, 5) is 16.8. The summed E-state index contributed by atoms with van der Waals surface area (Å²) in [7, 11) is 0. The molecule has 0 fully saturated rings. The van der Waals surface area contributed by atoms with Gasteiger partial charge in [-0.05, 0) is 29.3 Å². The Morgan fingerprint density at radius 3 is 2.58 bits per heavy atom. The maximum atomic E-state index is 14.8. The molecule has 0 saturated carbocycles. The van der Waals surface area contributed by atoms with Gasteiger partial charge in [0.25, 0.3) is 5.91 Å². The zero-order valence-corrected chi connectivity index (χ0v) is 16.4. The summed E-state index contributed by atoms with van der Waals surface area (Å²) in [6.45, 7) is -0.307. The van der Waals surface area contributed by atoms with E-state index in [2.05, 4.69) is 20.5 Å². The number of pyridine rings is 1. The third-order valence-corrected chi connectivity index (χ3v) is 4.96. The molecule has 7 nitrogen and oxygen atoms in total. The molecule has 4 aromatic rings. The molecule has 0 aliphatic rings. The van der Waals surface area contributed by atoms with Gasteiger partial charge in [-0.3, -0.25) is 9.89 Å². The van der Waals surface area contributed by atoms with Crippen molar-refractivity contribution in [1.82, 2.24) is 20.5 Å². The molecular formula is C23H20FN5O2. The van der Waals surface area contributed by atoms with Crippen molar-refractivity contribution in [3.05, 3.63) is 90.1 Å². The Balaban J connectivity index is 1.60. The quantitative estimate of drug-likeness (QED) is 0.384. The molecule has 156 valence electrons. The summed E-state index contributed by atoms with van der Waals surface area (Å²) < 4.78 is 14.8. The molecule has 8 heteroatoms. The number of anilines is 1. The smallest absolute Gasteiger partial charge is 0.254 e. The molecule has 0 aliphatic heterocycles. The monoisotopic (exact) mass is 417 g/mol. The van der Waals surface area contributed by atoms with Gasteiger partial charge in [0, 0.05) is 29.1 Å². The van der Waals surface area contributed by atoms with Gasteiger partial charge >= 0.3 is 0 Å². The van der Waals surface area contributed by atoms with Crippen molar-refractivity contribution in [3.63, 3.8) is 0 Å². The first-order valence-electron chi connectivity index (χ1n) is 9.58. The van der Waals surface area contributed by atoms with E-state index in [0.717, 1.165) is 16.7 Å². The van der Waals surface area contributed by atoms with Crippen LogP contribution in [0.2, 0.25) is 0 Å². The Hall–Kier alpha value is -4.04. The van der Waals surface area contributed by atoms with Crippen LogP contribution in [0.25, 0.3) is 22.3 Å². The lowest BCUT2D eigenvalue weighted by atomic mass is 10.0. The van der Waals surface area contributed by atoms with Crippen LogP contribution in [0, 0.1) is 5.82 Å². The fourth-order valence-corrected chi connectivity index (χ4v) is 3.30. The van der Waals surface area contributed by atoms with Crippen LogP contribution >= 0.6 is 0 Å². The van der Waals surface area contributed by atoms with Gasteiger partial charge in [-0.2, -0.15) is 5.10 Å². The maximum Gasteiger partial charge on any atom is 0.254 e. The van der Waals surface area contributed by atoms with E-state index < -0.39 is 17.8 Å². The number of amides is 1. The second-order valence-electron chi connectivity index (χ2n) is 6.96. The number of nitrogens with two attached hydrogens (primary N) is 1. The molecule has 31 heavy (non-hydrogen) atoms. The van der Waals surface area contributed by atoms with Gasteiger partial charge in [0.2, 0.25) is 0 Å². The summed E-state index contributed by atoms with van der Waals surface area (Å²) in [6.07, 6.45) is 4.98. The fraction of sp³-hybridized carbons (Fsp3) is 0.0870. The lowest BCUT2D eigenvalue weighted by molar-refractivity contribution is 0.0912. The molecule has 0 radical (unpaired) electrons. The summed E-state index contributed by atoms with van der Waals surface area (Å²) in [5, 5.41) is 18.9. The first kappa shape index (κ1) is 20.2. The number of benzene rings is 2. The normalized spacial score (nSPS) is 11.8. The highest BCUT2D eigenvalue weighted by Crippen LogP contribution is 2.30. The number of aromatic nitrogens is 3. The zero-order chi connectivity index (χ0) is 21.8. The minimum Gasteiger partial charge on any atom is -0.394 e. The summed E-state index contributed by atoms with van der Waals surface area (Å²) >= 11 is 0. The third-order valence-electron chi connectivity index (χ3n) is 4.96. The topological polar surface area (TPSA) is 117 Å². The number of nitrogens with one attached hydrogen (secondary N) is 2. The highest BCUT2D eigenvalue weighted by molar-refractivity contribution is 5.95. The van der Waals surface area contributed by atoms with Gasteiger partial charge in [-0.1, -0.05) is 36.4 Å². The molecule has 1 atom stereocenters. The van der Waals surface area contributed by atoms with Crippen molar-refractivity contribution in [3.8, 4) is 22.3 Å². The molecular weight excluding hydrogens is 397 g/mol. The number of carbonyl (C=O) groups excluding carboxylic acids is 1. The van der Waals surface area contributed by atoms with Crippen molar-refractivity contribution in [2.24, 2.45) is 0 Å². The van der Waals surface area contributed by atoms with Crippen LogP contribution in [0.4, 0.5) is 10.2 Å². The number of halogens is 1. The van der Waals surface area contributed by atoms with Crippen molar-refractivity contribution in [2.75, 3.05) is 12.3 Å². The predicted octanol–water partition coefficient (Wildman–Crippen LogP) is 3.32. The number of nitrogen functional groups attached to an aromatic ring is 1. The van der Waals surface area contributed by atoms with Crippen molar-refractivity contribution < 1.29 is 14.3 Å². The number of carbonyl (C=O) groups is 1. The highest BCUT2D eigenvalue weighted by atomic mass is 19.1. The summed E-state index contributed by atoms with van der Waals surface area (Å²) in [5.41, 5.74) is 9.23. The number of aromatic amines is 1. The van der Waals surface area contributed by atoms with Crippen molar-refractivity contribution in [2.45, 2.75) is 6.04 Å². The fourth-order valence-electron chi connectivity index (χ4n) is 3.30. The van der Waals surface area contributed by atoms with Crippen LogP contribution in [0.1, 0.15) is 22.0 Å². The van der Waals surface area contributed by atoms with Crippen LogP contribution < -0.4 is 11.1 Å². The number of H-pyrrole nitrogens is 1. The van der Waals surface area contributed by atoms with E-state index >= 15 is 0 Å². The predicted molar refractivity (Wildman–Crippen MR) is 115 cm³/mol. The van der Waals surface area contributed by atoms with E-state index in [1.807, 2.05) is 6.07 Å². The molecule has 0 saturated heterocycles. The highest BCUT2D eigenvalue weighted by Gasteiger charge is 2.19. The van der Waals surface area contributed by atoms with Crippen LogP contribution in [0.5, 0.6) is 0 Å². The zero-order valence-electron chi connectivity index (χ0n) is 16.4. The number of aliphatic hydroxyl groups excluding tert-OH is 1. The Morgan fingerprint density at radius 1 is 1.10 bits per heavy atom. The number of aliphatic hydroxyl groups is 1. The SMILES string of the molecule is Nc1ncc(-c2cn[nH]c2)cc1-c1ccc(C(=O)NC(CO)c2ccccc2)c(F)c1. The van der Waals surface area contributed by atoms with E-state index in [0.29, 0.717) is 11.1 Å². The summed E-state index contributed by atoms with van der Waals surface area (Å²) in [5.74, 6) is -1.08. The van der Waals surface area contributed by atoms with Crippen LogP contribution in [-0.4, -0.2) is 32.8 Å². The van der Waals surface area contributed by atoms with E-state index in [4.69, 9.17) is 5.73 Å². The van der Waals surface area contributed by atoms with Gasteiger partial charge in [0.15, 0.2) is 0 Å². The second-order valence-corrected chi connectivity index (χ2v) is 6.96.